The third-order valence-corrected chi connectivity index (χ3v) is 5.97. The highest BCUT2D eigenvalue weighted by molar-refractivity contribution is 8.00. The lowest BCUT2D eigenvalue weighted by atomic mass is 10.1. The molecule has 0 amide bonds. The number of rotatable bonds is 4. The van der Waals surface area contributed by atoms with Crippen LogP contribution >= 0.6 is 11.8 Å². The van der Waals surface area contributed by atoms with E-state index in [0.717, 1.165) is 43.1 Å². The molecule has 0 aliphatic carbocycles. The molecule has 2 heterocycles. The first kappa shape index (κ1) is 17.0. The van der Waals surface area contributed by atoms with Crippen LogP contribution in [-0.2, 0) is 0 Å². The maximum absolute atomic E-state index is 4.73. The van der Waals surface area contributed by atoms with Gasteiger partial charge in [-0.05, 0) is 31.9 Å². The minimum Gasteiger partial charge on any atom is -0.339 e. The monoisotopic (exact) mass is 362 g/mol. The van der Waals surface area contributed by atoms with E-state index in [2.05, 4.69) is 58.4 Å². The molecular formula is C21H22N4S. The van der Waals surface area contributed by atoms with Gasteiger partial charge in [0.05, 0.1) is 11.9 Å². The van der Waals surface area contributed by atoms with Gasteiger partial charge in [0.2, 0.25) is 5.95 Å². The number of thioether (sulfide) groups is 1. The van der Waals surface area contributed by atoms with Gasteiger partial charge in [0.15, 0.2) is 0 Å². The Bertz CT molecular complexity index is 861. The zero-order chi connectivity index (χ0) is 17.8. The van der Waals surface area contributed by atoms with Crippen molar-refractivity contribution >= 4 is 17.7 Å². The third-order valence-electron chi connectivity index (χ3n) is 4.63. The quantitative estimate of drug-likeness (QED) is 0.678. The van der Waals surface area contributed by atoms with E-state index in [1.165, 1.54) is 10.5 Å². The Morgan fingerprint density at radius 2 is 1.81 bits per heavy atom. The maximum atomic E-state index is 4.73. The van der Waals surface area contributed by atoms with Gasteiger partial charge in [-0.25, -0.2) is 4.98 Å². The zero-order valence-corrected chi connectivity index (χ0v) is 15.7. The highest BCUT2D eigenvalue weighted by Gasteiger charge is 2.22. The van der Waals surface area contributed by atoms with Crippen molar-refractivity contribution < 1.29 is 0 Å². The minimum absolute atomic E-state index is 0.651. The van der Waals surface area contributed by atoms with Crippen molar-refractivity contribution in [2.75, 3.05) is 18.0 Å². The van der Waals surface area contributed by atoms with Crippen molar-refractivity contribution in [3.8, 4) is 11.3 Å². The predicted molar refractivity (Wildman–Crippen MR) is 108 cm³/mol. The summed E-state index contributed by atoms with van der Waals surface area (Å²) in [6.45, 7) is 4.10. The highest BCUT2D eigenvalue weighted by atomic mass is 32.2. The van der Waals surface area contributed by atoms with Gasteiger partial charge in [0.25, 0.3) is 0 Å². The first-order valence-corrected chi connectivity index (χ1v) is 9.89. The van der Waals surface area contributed by atoms with Crippen LogP contribution in [0.2, 0.25) is 0 Å². The number of hydrogen-bond donors (Lipinski definition) is 0. The summed E-state index contributed by atoms with van der Waals surface area (Å²) in [6.07, 6.45) is 4.01. The van der Waals surface area contributed by atoms with Crippen LogP contribution in [-0.4, -0.2) is 33.5 Å². The lowest BCUT2D eigenvalue weighted by Gasteiger charge is -2.31. The van der Waals surface area contributed by atoms with Crippen molar-refractivity contribution in [2.45, 2.75) is 29.9 Å². The van der Waals surface area contributed by atoms with Crippen LogP contribution in [0.3, 0.4) is 0 Å². The summed E-state index contributed by atoms with van der Waals surface area (Å²) >= 11 is 1.99. The number of aromatic nitrogens is 3. The number of nitrogens with zero attached hydrogens (tertiary/aromatic N) is 4. The van der Waals surface area contributed by atoms with Gasteiger partial charge in [-0.1, -0.05) is 48.0 Å². The molecule has 3 aromatic rings. The predicted octanol–water partition coefficient (Wildman–Crippen LogP) is 4.61. The fraction of sp³-hybridized carbons (Fsp3) is 0.286. The van der Waals surface area contributed by atoms with Gasteiger partial charge in [0, 0.05) is 28.8 Å². The van der Waals surface area contributed by atoms with Gasteiger partial charge in [-0.15, -0.1) is 16.9 Å². The third kappa shape index (κ3) is 4.05. The van der Waals surface area contributed by atoms with E-state index in [4.69, 9.17) is 4.98 Å². The zero-order valence-electron chi connectivity index (χ0n) is 14.9. The molecule has 1 aliphatic rings. The maximum Gasteiger partial charge on any atom is 0.245 e. The second-order valence-electron chi connectivity index (χ2n) is 6.63. The van der Waals surface area contributed by atoms with E-state index in [1.54, 1.807) is 6.20 Å². The van der Waals surface area contributed by atoms with Gasteiger partial charge >= 0.3 is 0 Å². The minimum atomic E-state index is 0.651. The Balaban J connectivity index is 1.40. The average Bonchev–Trinajstić information content (AvgIpc) is 2.69. The Labute approximate surface area is 158 Å². The molecule has 0 radical (unpaired) electrons. The van der Waals surface area contributed by atoms with E-state index < -0.39 is 0 Å². The molecule has 0 spiro atoms. The fourth-order valence-corrected chi connectivity index (χ4v) is 4.47. The molecule has 0 bridgehead atoms. The average molecular weight is 363 g/mol. The number of hydrogen-bond acceptors (Lipinski definition) is 5. The standard InChI is InChI=1S/C21H22N4S/c1-16-6-5-9-19(14-16)26-18-10-12-25(13-11-18)21-23-20(15-22-24-21)17-7-3-2-4-8-17/h2-9,14-15,18H,10-13H2,1H3. The van der Waals surface area contributed by atoms with E-state index in [-0.39, 0.29) is 0 Å². The van der Waals surface area contributed by atoms with Crippen LogP contribution in [0.5, 0.6) is 0 Å². The number of aryl methyl sites for hydroxylation is 1. The fourth-order valence-electron chi connectivity index (χ4n) is 3.23. The first-order chi connectivity index (χ1) is 12.8. The SMILES string of the molecule is Cc1cccc(SC2CCN(c3nncc(-c4ccccc4)n3)CC2)c1. The summed E-state index contributed by atoms with van der Waals surface area (Å²) in [4.78, 5) is 8.36. The van der Waals surface area contributed by atoms with Crippen molar-refractivity contribution in [1.82, 2.24) is 15.2 Å². The first-order valence-electron chi connectivity index (χ1n) is 9.01. The van der Waals surface area contributed by atoms with E-state index in [9.17, 15) is 0 Å². The van der Waals surface area contributed by atoms with Crippen LogP contribution in [0.25, 0.3) is 11.3 Å². The molecule has 1 aliphatic heterocycles. The summed E-state index contributed by atoms with van der Waals surface area (Å²) in [5, 5.41) is 9.09. The lowest BCUT2D eigenvalue weighted by Crippen LogP contribution is -2.36. The second kappa shape index (κ2) is 7.87. The molecular weight excluding hydrogens is 340 g/mol. The van der Waals surface area contributed by atoms with Gasteiger partial charge in [-0.3, -0.25) is 0 Å². The molecule has 26 heavy (non-hydrogen) atoms. The molecule has 0 unspecified atom stereocenters. The largest absolute Gasteiger partial charge is 0.339 e. The van der Waals surface area contributed by atoms with E-state index in [1.807, 2.05) is 30.0 Å². The topological polar surface area (TPSA) is 41.9 Å². The smallest absolute Gasteiger partial charge is 0.245 e. The molecule has 2 aromatic carbocycles. The number of benzene rings is 2. The van der Waals surface area contributed by atoms with E-state index >= 15 is 0 Å². The second-order valence-corrected chi connectivity index (χ2v) is 8.00. The molecule has 5 heteroatoms. The van der Waals surface area contributed by atoms with Gasteiger partial charge < -0.3 is 4.90 Å². The summed E-state index contributed by atoms with van der Waals surface area (Å²) in [7, 11) is 0. The Morgan fingerprint density at radius 1 is 1.00 bits per heavy atom. The van der Waals surface area contributed by atoms with Crippen LogP contribution < -0.4 is 4.90 Å². The molecule has 4 rings (SSSR count). The molecule has 1 aromatic heterocycles. The van der Waals surface area contributed by atoms with Crippen molar-refractivity contribution in [1.29, 1.82) is 0 Å². The molecule has 0 saturated carbocycles. The molecule has 132 valence electrons. The summed E-state index contributed by atoms with van der Waals surface area (Å²) in [5.41, 5.74) is 3.28. The van der Waals surface area contributed by atoms with Crippen molar-refractivity contribution in [3.05, 3.63) is 66.4 Å². The lowest BCUT2D eigenvalue weighted by molar-refractivity contribution is 0.577. The molecule has 0 atom stereocenters. The molecule has 1 fully saturated rings. The van der Waals surface area contributed by atoms with Crippen LogP contribution in [0.1, 0.15) is 18.4 Å². The Kier molecular flexibility index (Phi) is 5.16. The van der Waals surface area contributed by atoms with Gasteiger partial charge in [0.1, 0.15) is 0 Å². The van der Waals surface area contributed by atoms with E-state index in [0.29, 0.717) is 5.25 Å². The number of anilines is 1. The van der Waals surface area contributed by atoms with Crippen molar-refractivity contribution in [2.24, 2.45) is 0 Å². The Hall–Kier alpha value is -2.40. The van der Waals surface area contributed by atoms with Gasteiger partial charge in [-0.2, -0.15) is 5.10 Å². The van der Waals surface area contributed by atoms with Crippen LogP contribution in [0.4, 0.5) is 5.95 Å². The summed E-state index contributed by atoms with van der Waals surface area (Å²) in [5.74, 6) is 0.741. The Morgan fingerprint density at radius 3 is 2.58 bits per heavy atom. The number of piperidine rings is 1. The normalized spacial score (nSPS) is 15.2. The summed E-state index contributed by atoms with van der Waals surface area (Å²) in [6, 6.07) is 18.9. The molecule has 4 nitrogen and oxygen atoms in total. The molecule has 0 N–H and O–H groups in total. The van der Waals surface area contributed by atoms with Crippen LogP contribution in [0.15, 0.2) is 65.7 Å². The molecule has 1 saturated heterocycles. The van der Waals surface area contributed by atoms with Crippen molar-refractivity contribution in [3.63, 3.8) is 0 Å². The summed E-state index contributed by atoms with van der Waals surface area (Å²) < 4.78 is 0. The van der Waals surface area contributed by atoms with Crippen LogP contribution in [0, 0.1) is 6.92 Å². The highest BCUT2D eigenvalue weighted by Crippen LogP contribution is 2.31.